The molecule has 0 fully saturated rings. The van der Waals surface area contributed by atoms with Crippen molar-refractivity contribution in [2.75, 3.05) is 5.32 Å². The van der Waals surface area contributed by atoms with Crippen LogP contribution in [0.5, 0.6) is 0 Å². The third-order valence-electron chi connectivity index (χ3n) is 3.03. The first-order valence-corrected chi connectivity index (χ1v) is 6.50. The van der Waals surface area contributed by atoms with Gasteiger partial charge in [-0.15, -0.1) is 0 Å². The van der Waals surface area contributed by atoms with Crippen molar-refractivity contribution in [3.05, 3.63) is 59.2 Å². The maximum absolute atomic E-state index is 5.87. The molecule has 0 aliphatic carbocycles. The lowest BCUT2D eigenvalue weighted by Gasteiger charge is -2.06. The summed E-state index contributed by atoms with van der Waals surface area (Å²) in [6.45, 7) is 0.773. The predicted molar refractivity (Wildman–Crippen MR) is 79.5 cm³/mol. The number of nitrogens with one attached hydrogen (secondary N) is 1. The SMILES string of the molecule is Cn1cc2ccc(NCc3ccc(Cl)cc3)cc2n1. The van der Waals surface area contributed by atoms with Crippen LogP contribution in [0.3, 0.4) is 0 Å². The van der Waals surface area contributed by atoms with E-state index in [9.17, 15) is 0 Å². The van der Waals surface area contributed by atoms with Gasteiger partial charge >= 0.3 is 0 Å². The highest BCUT2D eigenvalue weighted by molar-refractivity contribution is 6.30. The average molecular weight is 272 g/mol. The van der Waals surface area contributed by atoms with Gasteiger partial charge in [0.15, 0.2) is 0 Å². The fraction of sp³-hybridized carbons (Fsp3) is 0.133. The molecule has 0 saturated heterocycles. The highest BCUT2D eigenvalue weighted by Gasteiger charge is 2.00. The second kappa shape index (κ2) is 4.94. The third kappa shape index (κ3) is 2.71. The Bertz CT molecular complexity index is 701. The van der Waals surface area contributed by atoms with Crippen molar-refractivity contribution in [3.8, 4) is 0 Å². The van der Waals surface area contributed by atoms with Gasteiger partial charge < -0.3 is 5.32 Å². The third-order valence-corrected chi connectivity index (χ3v) is 3.28. The minimum Gasteiger partial charge on any atom is -0.381 e. The van der Waals surface area contributed by atoms with Crippen LogP contribution >= 0.6 is 11.6 Å². The van der Waals surface area contributed by atoms with E-state index in [2.05, 4.69) is 28.6 Å². The highest BCUT2D eigenvalue weighted by Crippen LogP contribution is 2.18. The molecule has 19 heavy (non-hydrogen) atoms. The summed E-state index contributed by atoms with van der Waals surface area (Å²) in [7, 11) is 1.93. The molecule has 0 saturated carbocycles. The Hall–Kier alpha value is -2.00. The van der Waals surface area contributed by atoms with Crippen molar-refractivity contribution in [1.29, 1.82) is 0 Å². The second-order valence-electron chi connectivity index (χ2n) is 4.56. The maximum atomic E-state index is 5.87. The van der Waals surface area contributed by atoms with Crippen LogP contribution in [0.15, 0.2) is 48.7 Å². The van der Waals surface area contributed by atoms with Crippen LogP contribution in [0, 0.1) is 0 Å². The molecule has 1 aromatic heterocycles. The number of hydrogen-bond acceptors (Lipinski definition) is 2. The van der Waals surface area contributed by atoms with Crippen LogP contribution in [0.4, 0.5) is 5.69 Å². The standard InChI is InChI=1S/C15H14ClN3/c1-19-10-12-4-7-14(8-15(12)18-19)17-9-11-2-5-13(16)6-3-11/h2-8,10,17H,9H2,1H3. The Morgan fingerprint density at radius 3 is 2.74 bits per heavy atom. The van der Waals surface area contributed by atoms with Crippen LogP contribution in [0.25, 0.3) is 10.9 Å². The summed E-state index contributed by atoms with van der Waals surface area (Å²) in [5.74, 6) is 0. The van der Waals surface area contributed by atoms with E-state index >= 15 is 0 Å². The summed E-state index contributed by atoms with van der Waals surface area (Å²) in [6, 6.07) is 14.1. The van der Waals surface area contributed by atoms with E-state index in [4.69, 9.17) is 11.6 Å². The van der Waals surface area contributed by atoms with Crippen LogP contribution in [-0.2, 0) is 13.6 Å². The van der Waals surface area contributed by atoms with Crippen molar-refractivity contribution < 1.29 is 0 Å². The quantitative estimate of drug-likeness (QED) is 0.784. The van der Waals surface area contributed by atoms with Gasteiger partial charge in [-0.3, -0.25) is 4.68 Å². The van der Waals surface area contributed by atoms with E-state index in [1.54, 1.807) is 0 Å². The van der Waals surface area contributed by atoms with Crippen LogP contribution in [0.1, 0.15) is 5.56 Å². The van der Waals surface area contributed by atoms with Gasteiger partial charge in [0.1, 0.15) is 0 Å². The molecule has 0 radical (unpaired) electrons. The normalized spacial score (nSPS) is 10.8. The average Bonchev–Trinajstić information content (AvgIpc) is 2.77. The Labute approximate surface area is 116 Å². The monoisotopic (exact) mass is 271 g/mol. The molecule has 4 heteroatoms. The number of halogens is 1. The molecule has 0 amide bonds. The summed E-state index contributed by atoms with van der Waals surface area (Å²) in [4.78, 5) is 0. The fourth-order valence-electron chi connectivity index (χ4n) is 2.06. The van der Waals surface area contributed by atoms with Crippen molar-refractivity contribution in [2.24, 2.45) is 7.05 Å². The zero-order chi connectivity index (χ0) is 13.2. The zero-order valence-corrected chi connectivity index (χ0v) is 11.4. The number of benzene rings is 2. The summed E-state index contributed by atoms with van der Waals surface area (Å²) in [6.07, 6.45) is 2.01. The van der Waals surface area contributed by atoms with Gasteiger partial charge in [-0.1, -0.05) is 23.7 Å². The van der Waals surface area contributed by atoms with E-state index in [1.165, 1.54) is 5.56 Å². The molecule has 3 aromatic rings. The topological polar surface area (TPSA) is 29.9 Å². The van der Waals surface area contributed by atoms with E-state index in [0.29, 0.717) is 0 Å². The first-order valence-electron chi connectivity index (χ1n) is 6.12. The van der Waals surface area contributed by atoms with Crippen LogP contribution in [-0.4, -0.2) is 9.78 Å². The number of hydrogen-bond donors (Lipinski definition) is 1. The van der Waals surface area contributed by atoms with Crippen molar-refractivity contribution >= 4 is 28.2 Å². The Balaban J connectivity index is 1.75. The highest BCUT2D eigenvalue weighted by atomic mass is 35.5. The van der Waals surface area contributed by atoms with Gasteiger partial charge in [0, 0.05) is 35.9 Å². The number of nitrogens with zero attached hydrogens (tertiary/aromatic N) is 2. The summed E-state index contributed by atoms with van der Waals surface area (Å²) in [5.41, 5.74) is 3.27. The van der Waals surface area contributed by atoms with Gasteiger partial charge in [0.25, 0.3) is 0 Å². The lowest BCUT2D eigenvalue weighted by atomic mass is 10.2. The zero-order valence-electron chi connectivity index (χ0n) is 10.6. The molecule has 0 spiro atoms. The van der Waals surface area contributed by atoms with Crippen molar-refractivity contribution in [2.45, 2.75) is 6.54 Å². The molecule has 96 valence electrons. The maximum Gasteiger partial charge on any atom is 0.0943 e. The minimum absolute atomic E-state index is 0.763. The molecule has 2 aromatic carbocycles. The molecule has 3 nitrogen and oxygen atoms in total. The van der Waals surface area contributed by atoms with Gasteiger partial charge in [0.2, 0.25) is 0 Å². The predicted octanol–water partition coefficient (Wildman–Crippen LogP) is 3.84. The van der Waals surface area contributed by atoms with E-state index in [-0.39, 0.29) is 0 Å². The Morgan fingerprint density at radius 1 is 1.16 bits per heavy atom. The van der Waals surface area contributed by atoms with E-state index in [1.807, 2.05) is 42.2 Å². The molecule has 0 aliphatic heterocycles. The number of fused-ring (bicyclic) bond motifs is 1. The molecule has 1 heterocycles. The first-order chi connectivity index (χ1) is 9.20. The smallest absolute Gasteiger partial charge is 0.0943 e. The molecular weight excluding hydrogens is 258 g/mol. The number of anilines is 1. The van der Waals surface area contributed by atoms with E-state index in [0.717, 1.165) is 28.2 Å². The summed E-state index contributed by atoms with van der Waals surface area (Å²) in [5, 5.41) is 9.70. The minimum atomic E-state index is 0.763. The second-order valence-corrected chi connectivity index (χ2v) is 4.99. The van der Waals surface area contributed by atoms with Gasteiger partial charge in [-0.2, -0.15) is 5.10 Å². The Kier molecular flexibility index (Phi) is 3.13. The summed E-state index contributed by atoms with van der Waals surface area (Å²) < 4.78 is 1.83. The molecule has 0 bridgehead atoms. The number of aromatic nitrogens is 2. The van der Waals surface area contributed by atoms with Gasteiger partial charge in [-0.25, -0.2) is 0 Å². The van der Waals surface area contributed by atoms with Gasteiger partial charge in [-0.05, 0) is 35.9 Å². The molecule has 0 atom stereocenters. The summed E-state index contributed by atoms with van der Waals surface area (Å²) >= 11 is 5.87. The number of rotatable bonds is 3. The van der Waals surface area contributed by atoms with Gasteiger partial charge in [0.05, 0.1) is 5.52 Å². The molecule has 3 rings (SSSR count). The first kappa shape index (κ1) is 12.1. The Morgan fingerprint density at radius 2 is 1.95 bits per heavy atom. The molecule has 0 unspecified atom stereocenters. The van der Waals surface area contributed by atoms with Crippen molar-refractivity contribution in [3.63, 3.8) is 0 Å². The van der Waals surface area contributed by atoms with Crippen molar-refractivity contribution in [1.82, 2.24) is 9.78 Å². The van der Waals surface area contributed by atoms with Crippen LogP contribution in [0.2, 0.25) is 5.02 Å². The molecule has 0 aliphatic rings. The fourth-order valence-corrected chi connectivity index (χ4v) is 2.18. The van der Waals surface area contributed by atoms with E-state index < -0.39 is 0 Å². The molecule has 1 N–H and O–H groups in total. The lowest BCUT2D eigenvalue weighted by molar-refractivity contribution is 0.780. The van der Waals surface area contributed by atoms with Crippen LogP contribution < -0.4 is 5.32 Å². The number of aryl methyl sites for hydroxylation is 1. The largest absolute Gasteiger partial charge is 0.381 e. The molecular formula is C15H14ClN3. The lowest BCUT2D eigenvalue weighted by Crippen LogP contribution is -1.98.